The zero-order valence-electron chi connectivity index (χ0n) is 19.8. The molecule has 7 nitrogen and oxygen atoms in total. The zero-order valence-corrected chi connectivity index (χ0v) is 19.8. The quantitative estimate of drug-likeness (QED) is 0.595. The molecule has 5 rings (SSSR count). The highest BCUT2D eigenvalue weighted by Gasteiger charge is 2.49. The number of benzene rings is 2. The third kappa shape index (κ3) is 3.97. The molecule has 2 aromatic carbocycles. The summed E-state index contributed by atoms with van der Waals surface area (Å²) < 4.78 is 42.2. The number of likely N-dealkylation sites (tertiary alicyclic amines) is 1. The van der Waals surface area contributed by atoms with Crippen molar-refractivity contribution in [2.45, 2.75) is 19.0 Å². The Balaban J connectivity index is 1.35. The van der Waals surface area contributed by atoms with Gasteiger partial charge in [0, 0.05) is 56.8 Å². The molecular formula is C26H26F3N5O2. The van der Waals surface area contributed by atoms with Gasteiger partial charge in [0.1, 0.15) is 0 Å². The van der Waals surface area contributed by atoms with E-state index in [9.17, 15) is 23.1 Å². The van der Waals surface area contributed by atoms with Gasteiger partial charge in [0.05, 0.1) is 22.7 Å². The number of hydrogen-bond acceptors (Lipinski definition) is 5. The number of nitriles is 1. The number of para-hydroxylation sites is 1. The lowest BCUT2D eigenvalue weighted by molar-refractivity contribution is -0.137. The Kier molecular flexibility index (Phi) is 5.91. The number of halogens is 3. The van der Waals surface area contributed by atoms with Gasteiger partial charge in [0.25, 0.3) is 5.91 Å². The molecule has 2 fully saturated rings. The van der Waals surface area contributed by atoms with Crippen LogP contribution in [0.25, 0.3) is 10.9 Å². The maximum Gasteiger partial charge on any atom is 0.417 e. The van der Waals surface area contributed by atoms with Crippen molar-refractivity contribution in [3.8, 4) is 6.07 Å². The van der Waals surface area contributed by atoms with Crippen molar-refractivity contribution in [1.29, 1.82) is 5.26 Å². The highest BCUT2D eigenvalue weighted by Crippen LogP contribution is 2.47. The Hall–Kier alpha value is -3.58. The fraction of sp³-hybridized carbons (Fsp3) is 0.423. The molecule has 1 spiro atoms. The van der Waals surface area contributed by atoms with Crippen molar-refractivity contribution >= 4 is 22.5 Å². The first-order valence-corrected chi connectivity index (χ1v) is 11.8. The van der Waals surface area contributed by atoms with E-state index in [4.69, 9.17) is 5.26 Å². The lowest BCUT2D eigenvalue weighted by atomic mass is 9.71. The highest BCUT2D eigenvalue weighted by atomic mass is 19.4. The molecule has 10 heteroatoms. The standard InChI is InChI=1S/C26H26F3N5O2/c1-32-22-5-3-2-4-20(22)23(31-32)24(36)33-10-8-25(9-11-33)16-34(14-18(25)15-35)19-7-6-17(13-30)21(12-19)26(27,28)29/h2-7,12,18,35H,8-11,14-16H2,1H3. The van der Waals surface area contributed by atoms with Gasteiger partial charge in [-0.15, -0.1) is 0 Å². The average molecular weight is 498 g/mol. The number of alkyl halides is 3. The summed E-state index contributed by atoms with van der Waals surface area (Å²) in [5.74, 6) is -0.269. The van der Waals surface area contributed by atoms with Gasteiger partial charge in [0.2, 0.25) is 0 Å². The van der Waals surface area contributed by atoms with Gasteiger partial charge in [-0.3, -0.25) is 9.48 Å². The van der Waals surface area contributed by atoms with Crippen molar-refractivity contribution in [3.63, 3.8) is 0 Å². The molecule has 2 saturated heterocycles. The number of aryl methyl sites for hydroxylation is 1. The summed E-state index contributed by atoms with van der Waals surface area (Å²) in [6.45, 7) is 1.77. The number of aliphatic hydroxyl groups is 1. The molecule has 2 aliphatic rings. The van der Waals surface area contributed by atoms with Crippen LogP contribution >= 0.6 is 0 Å². The predicted octanol–water partition coefficient (Wildman–Crippen LogP) is 3.81. The molecule has 1 aromatic heterocycles. The van der Waals surface area contributed by atoms with Gasteiger partial charge in [0.15, 0.2) is 5.69 Å². The molecule has 0 radical (unpaired) electrons. The van der Waals surface area contributed by atoms with Crippen LogP contribution in [0.2, 0.25) is 0 Å². The minimum Gasteiger partial charge on any atom is -0.396 e. The molecule has 3 heterocycles. The molecule has 188 valence electrons. The van der Waals surface area contributed by atoms with E-state index in [2.05, 4.69) is 5.10 Å². The smallest absolute Gasteiger partial charge is 0.396 e. The molecule has 0 saturated carbocycles. The van der Waals surface area contributed by atoms with Crippen molar-refractivity contribution in [2.75, 3.05) is 37.7 Å². The number of aliphatic hydroxyl groups excluding tert-OH is 1. The number of fused-ring (bicyclic) bond motifs is 1. The van der Waals surface area contributed by atoms with E-state index >= 15 is 0 Å². The number of amides is 1. The maximum absolute atomic E-state index is 13.5. The number of hydrogen-bond donors (Lipinski definition) is 1. The van der Waals surface area contributed by atoms with Gasteiger partial charge >= 0.3 is 6.18 Å². The normalized spacial score (nSPS) is 19.7. The molecule has 0 bridgehead atoms. The first-order valence-electron chi connectivity index (χ1n) is 11.8. The van der Waals surface area contributed by atoms with Crippen LogP contribution in [-0.4, -0.2) is 58.5 Å². The third-order valence-corrected chi connectivity index (χ3v) is 7.83. The van der Waals surface area contributed by atoms with E-state index in [1.807, 2.05) is 29.2 Å². The summed E-state index contributed by atoms with van der Waals surface area (Å²) in [5, 5.41) is 24.5. The molecule has 2 aliphatic heterocycles. The average Bonchev–Trinajstić information content (AvgIpc) is 3.41. The van der Waals surface area contributed by atoms with Crippen molar-refractivity contribution in [1.82, 2.24) is 14.7 Å². The van der Waals surface area contributed by atoms with Gasteiger partial charge in [-0.2, -0.15) is 23.5 Å². The summed E-state index contributed by atoms with van der Waals surface area (Å²) in [4.78, 5) is 17.0. The van der Waals surface area contributed by atoms with Crippen molar-refractivity contribution < 1.29 is 23.1 Å². The molecule has 1 atom stereocenters. The molecule has 1 unspecified atom stereocenters. The van der Waals surface area contributed by atoms with Crippen LogP contribution in [0.4, 0.5) is 18.9 Å². The minimum absolute atomic E-state index is 0.0856. The van der Waals surface area contributed by atoms with Crippen molar-refractivity contribution in [3.05, 3.63) is 59.3 Å². The number of aromatic nitrogens is 2. The Morgan fingerprint density at radius 3 is 2.61 bits per heavy atom. The first kappa shape index (κ1) is 24.1. The zero-order chi connectivity index (χ0) is 25.7. The van der Waals surface area contributed by atoms with Gasteiger partial charge < -0.3 is 14.9 Å². The number of carbonyl (C=O) groups is 1. The van der Waals surface area contributed by atoms with E-state index in [0.717, 1.165) is 17.0 Å². The Morgan fingerprint density at radius 2 is 1.94 bits per heavy atom. The van der Waals surface area contributed by atoms with Crippen LogP contribution < -0.4 is 4.90 Å². The summed E-state index contributed by atoms with van der Waals surface area (Å²) in [6, 6.07) is 12.9. The van der Waals surface area contributed by atoms with E-state index in [-0.39, 0.29) is 23.8 Å². The van der Waals surface area contributed by atoms with Gasteiger partial charge in [-0.25, -0.2) is 0 Å². The van der Waals surface area contributed by atoms with Gasteiger partial charge in [-0.05, 0) is 42.5 Å². The van der Waals surface area contributed by atoms with Crippen LogP contribution in [0.15, 0.2) is 42.5 Å². The lowest BCUT2D eigenvalue weighted by Gasteiger charge is -2.42. The Bertz CT molecular complexity index is 1350. The minimum atomic E-state index is -4.63. The summed E-state index contributed by atoms with van der Waals surface area (Å²) >= 11 is 0. The van der Waals surface area contributed by atoms with E-state index < -0.39 is 17.3 Å². The van der Waals surface area contributed by atoms with Crippen LogP contribution in [0.5, 0.6) is 0 Å². The van der Waals surface area contributed by atoms with Crippen LogP contribution in [0, 0.1) is 22.7 Å². The third-order valence-electron chi connectivity index (χ3n) is 7.83. The second-order valence-corrected chi connectivity index (χ2v) is 9.74. The molecule has 1 N–H and O–H groups in total. The number of piperidine rings is 1. The fourth-order valence-corrected chi connectivity index (χ4v) is 5.79. The van der Waals surface area contributed by atoms with Gasteiger partial charge in [-0.1, -0.05) is 18.2 Å². The molecule has 0 aliphatic carbocycles. The molecule has 1 amide bonds. The van der Waals surface area contributed by atoms with Crippen LogP contribution in [0.1, 0.15) is 34.5 Å². The highest BCUT2D eigenvalue weighted by molar-refractivity contribution is 6.04. The second kappa shape index (κ2) is 8.82. The largest absolute Gasteiger partial charge is 0.417 e. The number of anilines is 1. The topological polar surface area (TPSA) is 85.4 Å². The number of carbonyl (C=O) groups excluding carboxylic acids is 1. The predicted molar refractivity (Wildman–Crippen MR) is 127 cm³/mol. The van der Waals surface area contributed by atoms with Crippen molar-refractivity contribution in [2.24, 2.45) is 18.4 Å². The van der Waals surface area contributed by atoms with Crippen LogP contribution in [-0.2, 0) is 13.2 Å². The SMILES string of the molecule is Cn1nc(C(=O)N2CCC3(CC2)CN(c2ccc(C#N)c(C(F)(F)F)c2)CC3CO)c2ccccc21. The van der Waals surface area contributed by atoms with E-state index in [1.54, 1.807) is 22.7 Å². The Morgan fingerprint density at radius 1 is 1.22 bits per heavy atom. The molecule has 36 heavy (non-hydrogen) atoms. The first-order chi connectivity index (χ1) is 17.2. The fourth-order valence-electron chi connectivity index (χ4n) is 5.79. The summed E-state index contributed by atoms with van der Waals surface area (Å²) in [7, 11) is 1.80. The lowest BCUT2D eigenvalue weighted by Crippen LogP contribution is -2.47. The number of nitrogens with zero attached hydrogens (tertiary/aromatic N) is 5. The summed E-state index contributed by atoms with van der Waals surface area (Å²) in [6.07, 6.45) is -3.36. The van der Waals surface area contributed by atoms with E-state index in [1.165, 1.54) is 12.1 Å². The maximum atomic E-state index is 13.5. The second-order valence-electron chi connectivity index (χ2n) is 9.74. The number of rotatable bonds is 3. The molecule has 3 aromatic rings. The summed E-state index contributed by atoms with van der Waals surface area (Å²) in [5.41, 5.74) is -0.00559. The molecular weight excluding hydrogens is 471 g/mol. The van der Waals surface area contributed by atoms with Crippen LogP contribution in [0.3, 0.4) is 0 Å². The van der Waals surface area contributed by atoms with E-state index in [0.29, 0.717) is 50.4 Å². The Labute approximate surface area is 206 Å². The monoisotopic (exact) mass is 497 g/mol.